The van der Waals surface area contributed by atoms with E-state index in [4.69, 9.17) is 15.9 Å². The van der Waals surface area contributed by atoms with Gasteiger partial charge in [0.05, 0.1) is 12.3 Å². The largest absolute Gasteiger partial charge is 0.494 e. The van der Waals surface area contributed by atoms with Crippen LogP contribution in [-0.4, -0.2) is 25.1 Å². The maximum absolute atomic E-state index is 12.1. The van der Waals surface area contributed by atoms with E-state index in [-0.39, 0.29) is 5.96 Å². The number of benzene rings is 1. The van der Waals surface area contributed by atoms with Gasteiger partial charge in [-0.25, -0.2) is 9.69 Å². The van der Waals surface area contributed by atoms with Crippen LogP contribution in [0.2, 0.25) is 0 Å². The number of carbonyl (C=O) groups is 1. The van der Waals surface area contributed by atoms with E-state index in [1.165, 1.54) is 0 Å². The minimum atomic E-state index is -0.417. The molecule has 0 aliphatic rings. The van der Waals surface area contributed by atoms with Crippen molar-refractivity contribution in [3.8, 4) is 5.75 Å². The molecule has 110 valence electrons. The van der Waals surface area contributed by atoms with Crippen LogP contribution in [0.3, 0.4) is 0 Å². The minimum absolute atomic E-state index is 0.323. The Bertz CT molecular complexity index is 514. The molecule has 0 aliphatic carbocycles. The highest BCUT2D eigenvalue weighted by molar-refractivity contribution is 6.14. The van der Waals surface area contributed by atoms with E-state index in [0.29, 0.717) is 24.6 Å². The van der Waals surface area contributed by atoms with Crippen molar-refractivity contribution in [2.45, 2.75) is 27.7 Å². The number of rotatable bonds is 4. The number of ether oxygens (including phenoxy) is 1. The summed E-state index contributed by atoms with van der Waals surface area (Å²) in [7, 11) is 0. The van der Waals surface area contributed by atoms with E-state index in [1.54, 1.807) is 0 Å². The molecule has 0 atom stereocenters. The molecule has 4 N–H and O–H groups in total. The summed E-state index contributed by atoms with van der Waals surface area (Å²) in [6, 6.07) is 3.29. The van der Waals surface area contributed by atoms with Crippen molar-refractivity contribution >= 4 is 17.7 Å². The van der Waals surface area contributed by atoms with Crippen LogP contribution in [0.5, 0.6) is 5.75 Å². The number of nitrogens with zero attached hydrogens (tertiary/aromatic N) is 1. The van der Waals surface area contributed by atoms with Gasteiger partial charge in [0, 0.05) is 12.1 Å². The van der Waals surface area contributed by atoms with E-state index >= 15 is 0 Å². The molecule has 0 unspecified atom stereocenters. The zero-order valence-corrected chi connectivity index (χ0v) is 12.4. The fourth-order valence-corrected chi connectivity index (χ4v) is 2.03. The third-order valence-corrected chi connectivity index (χ3v) is 2.88. The van der Waals surface area contributed by atoms with Crippen LogP contribution in [0.15, 0.2) is 12.1 Å². The predicted octanol–water partition coefficient (Wildman–Crippen LogP) is 2.13. The number of nitrogens with one attached hydrogen (secondary N) is 2. The van der Waals surface area contributed by atoms with Crippen molar-refractivity contribution in [2.24, 2.45) is 5.73 Å². The molecule has 0 fully saturated rings. The summed E-state index contributed by atoms with van der Waals surface area (Å²) in [5.74, 6) is 0.361. The molecule has 0 spiro atoms. The fraction of sp³-hybridized carbons (Fsp3) is 0.429. The van der Waals surface area contributed by atoms with Crippen LogP contribution >= 0.6 is 0 Å². The lowest BCUT2D eigenvalue weighted by Gasteiger charge is -2.25. The summed E-state index contributed by atoms with van der Waals surface area (Å²) >= 11 is 0. The van der Waals surface area contributed by atoms with Crippen molar-refractivity contribution in [3.05, 3.63) is 23.3 Å². The van der Waals surface area contributed by atoms with Gasteiger partial charge < -0.3 is 15.8 Å². The Labute approximate surface area is 119 Å². The van der Waals surface area contributed by atoms with Crippen LogP contribution in [-0.2, 0) is 0 Å². The first-order valence-corrected chi connectivity index (χ1v) is 6.58. The lowest BCUT2D eigenvalue weighted by molar-refractivity contribution is 0.249. The van der Waals surface area contributed by atoms with Gasteiger partial charge >= 0.3 is 6.03 Å². The summed E-state index contributed by atoms with van der Waals surface area (Å²) in [6.07, 6.45) is 0. The number of hydrogen-bond donors (Lipinski definition) is 3. The number of urea groups is 1. The summed E-state index contributed by atoms with van der Waals surface area (Å²) < 4.78 is 5.53. The number of guanidine groups is 1. The minimum Gasteiger partial charge on any atom is -0.494 e. The third-order valence-electron chi connectivity index (χ3n) is 2.88. The Morgan fingerprint density at radius 1 is 1.40 bits per heavy atom. The monoisotopic (exact) mass is 278 g/mol. The van der Waals surface area contributed by atoms with Gasteiger partial charge in [-0.1, -0.05) is 6.07 Å². The summed E-state index contributed by atoms with van der Waals surface area (Å²) in [5.41, 5.74) is 7.80. The van der Waals surface area contributed by atoms with E-state index in [1.807, 2.05) is 39.8 Å². The first-order chi connectivity index (χ1) is 9.43. The van der Waals surface area contributed by atoms with Crippen LogP contribution in [0.4, 0.5) is 10.5 Å². The maximum Gasteiger partial charge on any atom is 0.328 e. The average Bonchev–Trinajstić information content (AvgIpc) is 2.37. The van der Waals surface area contributed by atoms with E-state index in [9.17, 15) is 4.79 Å². The van der Waals surface area contributed by atoms with Gasteiger partial charge in [0.15, 0.2) is 0 Å². The fourth-order valence-electron chi connectivity index (χ4n) is 2.03. The van der Waals surface area contributed by atoms with Crippen LogP contribution < -0.4 is 20.7 Å². The topological polar surface area (TPSA) is 91.4 Å². The number of nitrogens with two attached hydrogens (primary N) is 1. The van der Waals surface area contributed by atoms with Crippen LogP contribution in [0, 0.1) is 19.3 Å². The lowest BCUT2D eigenvalue weighted by Crippen LogP contribution is -2.47. The van der Waals surface area contributed by atoms with Gasteiger partial charge in [0.25, 0.3) is 0 Å². The molecule has 0 bridgehead atoms. The highest BCUT2D eigenvalue weighted by Gasteiger charge is 2.23. The molecule has 0 saturated heterocycles. The number of aryl methyl sites for hydroxylation is 1. The number of amides is 2. The Hall–Kier alpha value is -2.24. The average molecular weight is 278 g/mol. The zero-order valence-electron chi connectivity index (χ0n) is 12.4. The van der Waals surface area contributed by atoms with Gasteiger partial charge in [0.1, 0.15) is 5.75 Å². The molecule has 6 heteroatoms. The van der Waals surface area contributed by atoms with Crippen LogP contribution in [0.25, 0.3) is 0 Å². The Balaban J connectivity index is 3.36. The molecule has 6 nitrogen and oxygen atoms in total. The molecule has 0 heterocycles. The Morgan fingerprint density at radius 3 is 2.55 bits per heavy atom. The third kappa shape index (κ3) is 3.20. The first-order valence-electron chi connectivity index (χ1n) is 6.58. The lowest BCUT2D eigenvalue weighted by atomic mass is 10.1. The van der Waals surface area contributed by atoms with Crippen molar-refractivity contribution < 1.29 is 9.53 Å². The summed E-state index contributed by atoms with van der Waals surface area (Å²) in [4.78, 5) is 13.3. The molecule has 0 radical (unpaired) electrons. The van der Waals surface area contributed by atoms with Crippen molar-refractivity contribution in [1.82, 2.24) is 5.32 Å². The molecule has 1 aromatic carbocycles. The molecule has 2 amide bonds. The SMILES string of the molecule is CCNC(=O)N(C(=N)N)c1c(C)ccc(OCC)c1C. The number of anilines is 1. The van der Waals surface area contributed by atoms with Gasteiger partial charge in [-0.2, -0.15) is 0 Å². The first kappa shape index (κ1) is 15.8. The van der Waals surface area contributed by atoms with E-state index in [2.05, 4.69) is 5.32 Å². The molecule has 0 saturated carbocycles. The quantitative estimate of drug-likeness (QED) is 0.582. The summed E-state index contributed by atoms with van der Waals surface area (Å²) in [5, 5.41) is 10.3. The van der Waals surface area contributed by atoms with Gasteiger partial charge in [-0.05, 0) is 39.3 Å². The second-order valence-electron chi connectivity index (χ2n) is 4.34. The summed E-state index contributed by atoms with van der Waals surface area (Å²) in [6.45, 7) is 8.42. The zero-order chi connectivity index (χ0) is 15.3. The van der Waals surface area contributed by atoms with Crippen LogP contribution in [0.1, 0.15) is 25.0 Å². The second kappa shape index (κ2) is 6.79. The number of hydrogen-bond acceptors (Lipinski definition) is 3. The van der Waals surface area contributed by atoms with Gasteiger partial charge in [-0.3, -0.25) is 5.41 Å². The molecule has 1 aromatic rings. The smallest absolute Gasteiger partial charge is 0.328 e. The van der Waals surface area contributed by atoms with E-state index < -0.39 is 6.03 Å². The van der Waals surface area contributed by atoms with Crippen molar-refractivity contribution in [1.29, 1.82) is 5.41 Å². The van der Waals surface area contributed by atoms with Gasteiger partial charge in [0.2, 0.25) is 5.96 Å². The highest BCUT2D eigenvalue weighted by Crippen LogP contribution is 2.32. The normalized spacial score (nSPS) is 10.0. The van der Waals surface area contributed by atoms with E-state index in [0.717, 1.165) is 16.0 Å². The molecule has 20 heavy (non-hydrogen) atoms. The standard InChI is InChI=1S/C14H22N4O2/c1-5-17-14(19)18(13(15)16)12-9(3)7-8-11(10(12)4)20-6-2/h7-8H,5-6H2,1-4H3,(H3,15,16)(H,17,19). The highest BCUT2D eigenvalue weighted by atomic mass is 16.5. The maximum atomic E-state index is 12.1. The molecular formula is C14H22N4O2. The molecular weight excluding hydrogens is 256 g/mol. The number of carbonyl (C=O) groups excluding carboxylic acids is 1. The van der Waals surface area contributed by atoms with Gasteiger partial charge in [-0.15, -0.1) is 0 Å². The molecule has 0 aliphatic heterocycles. The molecule has 1 rings (SSSR count). The molecule has 0 aromatic heterocycles. The predicted molar refractivity (Wildman–Crippen MR) is 80.6 cm³/mol. The van der Waals surface area contributed by atoms with Crippen molar-refractivity contribution in [2.75, 3.05) is 18.1 Å². The second-order valence-corrected chi connectivity index (χ2v) is 4.34. The Kier molecular flexibility index (Phi) is 5.37. The van der Waals surface area contributed by atoms with Crippen molar-refractivity contribution in [3.63, 3.8) is 0 Å². The Morgan fingerprint density at radius 2 is 2.05 bits per heavy atom.